The number of hydrogen-bond donors (Lipinski definition) is 1. The lowest BCUT2D eigenvalue weighted by molar-refractivity contribution is -0.140. The van der Waals surface area contributed by atoms with Crippen molar-refractivity contribution in [2.45, 2.75) is 6.18 Å². The molecular formula is C7H4F3N3O. The monoisotopic (exact) mass is 203 g/mol. The van der Waals surface area contributed by atoms with E-state index in [1.807, 2.05) is 0 Å². The van der Waals surface area contributed by atoms with Crippen LogP contribution < -0.4 is 5.56 Å². The number of nitrogens with zero attached hydrogens (tertiary/aromatic N) is 2. The fourth-order valence-corrected chi connectivity index (χ4v) is 1.07. The Morgan fingerprint density at radius 3 is 2.71 bits per heavy atom. The highest BCUT2D eigenvalue weighted by Gasteiger charge is 2.34. The third kappa shape index (κ3) is 1.26. The standard InChI is InChI=1S/C7H4F3N3O/c8-7(9,10)4-3-13-2-1-11-6(14)5(13)12-4/h1-3H,(H,11,14). The molecule has 0 radical (unpaired) electrons. The Kier molecular flexibility index (Phi) is 1.63. The molecule has 0 aliphatic heterocycles. The molecule has 0 bridgehead atoms. The third-order valence-corrected chi connectivity index (χ3v) is 1.68. The fraction of sp³-hybridized carbons (Fsp3) is 0.143. The number of alkyl halides is 3. The molecule has 0 spiro atoms. The largest absolute Gasteiger partial charge is 0.434 e. The minimum absolute atomic E-state index is 0.264. The first-order chi connectivity index (χ1) is 6.48. The van der Waals surface area contributed by atoms with Gasteiger partial charge in [0.1, 0.15) is 0 Å². The fourth-order valence-electron chi connectivity index (χ4n) is 1.07. The van der Waals surface area contributed by atoms with Gasteiger partial charge in [-0.15, -0.1) is 0 Å². The van der Waals surface area contributed by atoms with Crippen molar-refractivity contribution in [1.29, 1.82) is 0 Å². The highest BCUT2D eigenvalue weighted by atomic mass is 19.4. The number of halogens is 3. The number of H-pyrrole nitrogens is 1. The van der Waals surface area contributed by atoms with E-state index in [0.29, 0.717) is 0 Å². The Morgan fingerprint density at radius 2 is 2.14 bits per heavy atom. The van der Waals surface area contributed by atoms with Gasteiger partial charge in [-0.1, -0.05) is 0 Å². The summed E-state index contributed by atoms with van der Waals surface area (Å²) in [6.07, 6.45) is -1.22. The third-order valence-electron chi connectivity index (χ3n) is 1.68. The Morgan fingerprint density at radius 1 is 1.43 bits per heavy atom. The maximum Gasteiger partial charge on any atom is 0.434 e. The molecule has 2 rings (SSSR count). The predicted octanol–water partition coefficient (Wildman–Crippen LogP) is 1.04. The van der Waals surface area contributed by atoms with E-state index in [9.17, 15) is 18.0 Å². The maximum atomic E-state index is 12.2. The SMILES string of the molecule is O=c1[nH]ccn2cc(C(F)(F)F)nc12. The van der Waals surface area contributed by atoms with Gasteiger partial charge in [0.2, 0.25) is 5.65 Å². The van der Waals surface area contributed by atoms with Crippen LogP contribution in [-0.2, 0) is 6.18 Å². The number of rotatable bonds is 0. The second kappa shape index (κ2) is 2.60. The van der Waals surface area contributed by atoms with Crippen molar-refractivity contribution in [3.8, 4) is 0 Å². The molecule has 4 nitrogen and oxygen atoms in total. The molecule has 0 unspecified atom stereocenters. The van der Waals surface area contributed by atoms with E-state index in [1.165, 1.54) is 12.4 Å². The summed E-state index contributed by atoms with van der Waals surface area (Å²) < 4.78 is 37.5. The minimum Gasteiger partial charge on any atom is -0.324 e. The van der Waals surface area contributed by atoms with Crippen molar-refractivity contribution in [3.63, 3.8) is 0 Å². The summed E-state index contributed by atoms with van der Waals surface area (Å²) >= 11 is 0. The lowest BCUT2D eigenvalue weighted by atomic mass is 10.5. The van der Waals surface area contributed by atoms with Gasteiger partial charge < -0.3 is 9.38 Å². The molecule has 2 aromatic heterocycles. The molecule has 7 heteroatoms. The second-order valence-electron chi connectivity index (χ2n) is 2.64. The molecule has 14 heavy (non-hydrogen) atoms. The van der Waals surface area contributed by atoms with Gasteiger partial charge in [0.15, 0.2) is 5.69 Å². The van der Waals surface area contributed by atoms with Crippen molar-refractivity contribution in [2.24, 2.45) is 0 Å². The highest BCUT2D eigenvalue weighted by Crippen LogP contribution is 2.27. The molecule has 2 heterocycles. The molecule has 0 saturated carbocycles. The Balaban J connectivity index is 2.75. The van der Waals surface area contributed by atoms with Gasteiger partial charge in [0.05, 0.1) is 0 Å². The zero-order valence-electron chi connectivity index (χ0n) is 6.67. The number of fused-ring (bicyclic) bond motifs is 1. The first-order valence-electron chi connectivity index (χ1n) is 3.62. The average molecular weight is 203 g/mol. The van der Waals surface area contributed by atoms with Crippen molar-refractivity contribution < 1.29 is 13.2 Å². The summed E-state index contributed by atoms with van der Waals surface area (Å²) in [5, 5.41) is 0. The Bertz CT molecular complexity index is 525. The van der Waals surface area contributed by atoms with Gasteiger partial charge in [-0.25, -0.2) is 4.98 Å². The molecule has 0 atom stereocenters. The molecule has 0 aliphatic carbocycles. The Labute approximate surface area is 75.0 Å². The van der Waals surface area contributed by atoms with Crippen molar-refractivity contribution in [1.82, 2.24) is 14.4 Å². The van der Waals surface area contributed by atoms with Gasteiger partial charge in [-0.05, 0) is 0 Å². The van der Waals surface area contributed by atoms with Gasteiger partial charge >= 0.3 is 6.18 Å². The topological polar surface area (TPSA) is 50.2 Å². The summed E-state index contributed by atoms with van der Waals surface area (Å²) in [6.45, 7) is 0. The van der Waals surface area contributed by atoms with E-state index in [2.05, 4.69) is 9.97 Å². The second-order valence-corrected chi connectivity index (χ2v) is 2.64. The van der Waals surface area contributed by atoms with Crippen LogP contribution in [0.5, 0.6) is 0 Å². The van der Waals surface area contributed by atoms with Crippen LogP contribution in [-0.4, -0.2) is 14.4 Å². The number of aromatic amines is 1. The first-order valence-corrected chi connectivity index (χ1v) is 3.62. The molecule has 0 fully saturated rings. The summed E-state index contributed by atoms with van der Waals surface area (Å²) in [4.78, 5) is 16.4. The van der Waals surface area contributed by atoms with Crippen molar-refractivity contribution in [3.05, 3.63) is 34.6 Å². The van der Waals surface area contributed by atoms with Crippen molar-refractivity contribution >= 4 is 5.65 Å². The van der Waals surface area contributed by atoms with Crippen LogP contribution >= 0.6 is 0 Å². The van der Waals surface area contributed by atoms with E-state index in [-0.39, 0.29) is 5.65 Å². The van der Waals surface area contributed by atoms with E-state index in [1.54, 1.807) is 0 Å². The van der Waals surface area contributed by atoms with E-state index >= 15 is 0 Å². The molecule has 74 valence electrons. The zero-order chi connectivity index (χ0) is 10.3. The summed E-state index contributed by atoms with van der Waals surface area (Å²) in [5.41, 5.74) is -1.99. The number of hydrogen-bond acceptors (Lipinski definition) is 2. The molecule has 0 aromatic carbocycles. The van der Waals surface area contributed by atoms with E-state index < -0.39 is 17.4 Å². The van der Waals surface area contributed by atoms with Crippen molar-refractivity contribution in [2.75, 3.05) is 0 Å². The number of nitrogens with one attached hydrogen (secondary N) is 1. The van der Waals surface area contributed by atoms with E-state index in [4.69, 9.17) is 0 Å². The van der Waals surface area contributed by atoms with Gasteiger partial charge in [0, 0.05) is 18.6 Å². The smallest absolute Gasteiger partial charge is 0.324 e. The summed E-state index contributed by atoms with van der Waals surface area (Å²) in [5.74, 6) is 0. The van der Waals surface area contributed by atoms with Crippen LogP contribution in [0.3, 0.4) is 0 Å². The lowest BCUT2D eigenvalue weighted by Gasteiger charge is -1.98. The number of aromatic nitrogens is 3. The first kappa shape index (κ1) is 8.79. The van der Waals surface area contributed by atoms with Gasteiger partial charge in [-0.3, -0.25) is 4.79 Å². The molecular weight excluding hydrogens is 199 g/mol. The predicted molar refractivity (Wildman–Crippen MR) is 40.8 cm³/mol. The molecule has 1 N–H and O–H groups in total. The number of imidazole rings is 1. The highest BCUT2D eigenvalue weighted by molar-refractivity contribution is 5.37. The van der Waals surface area contributed by atoms with Crippen LogP contribution in [0.25, 0.3) is 5.65 Å². The van der Waals surface area contributed by atoms with Crippen LogP contribution in [0, 0.1) is 0 Å². The lowest BCUT2D eigenvalue weighted by Crippen LogP contribution is -2.08. The summed E-state index contributed by atoms with van der Waals surface area (Å²) in [6, 6.07) is 0. The minimum atomic E-state index is -4.53. The molecule has 2 aromatic rings. The molecule has 0 saturated heterocycles. The van der Waals surface area contributed by atoms with E-state index in [0.717, 1.165) is 10.6 Å². The quantitative estimate of drug-likeness (QED) is 0.695. The Hall–Kier alpha value is -1.79. The average Bonchev–Trinajstić information content (AvgIpc) is 2.48. The van der Waals surface area contributed by atoms with Gasteiger partial charge in [0.25, 0.3) is 5.56 Å². The molecule has 0 amide bonds. The van der Waals surface area contributed by atoms with Crippen LogP contribution in [0.4, 0.5) is 13.2 Å². The normalized spacial score (nSPS) is 12.2. The zero-order valence-corrected chi connectivity index (χ0v) is 6.67. The van der Waals surface area contributed by atoms with Gasteiger partial charge in [-0.2, -0.15) is 13.2 Å². The maximum absolute atomic E-state index is 12.2. The molecule has 0 aliphatic rings. The summed E-state index contributed by atoms with van der Waals surface area (Å²) in [7, 11) is 0. The van der Waals surface area contributed by atoms with Crippen LogP contribution in [0.15, 0.2) is 23.4 Å². The van der Waals surface area contributed by atoms with Crippen LogP contribution in [0.1, 0.15) is 5.69 Å². The van der Waals surface area contributed by atoms with Crippen LogP contribution in [0.2, 0.25) is 0 Å².